The number of hydrogen-bond donors (Lipinski definition) is 0. The Hall–Kier alpha value is -2.57. The summed E-state index contributed by atoms with van der Waals surface area (Å²) in [4.78, 5) is 11.9. The first-order valence-corrected chi connectivity index (χ1v) is 8.51. The highest BCUT2D eigenvalue weighted by Crippen LogP contribution is 2.27. The highest BCUT2D eigenvalue weighted by Gasteiger charge is 2.13. The Morgan fingerprint density at radius 1 is 0.960 bits per heavy atom. The van der Waals surface area contributed by atoms with Gasteiger partial charge in [0.15, 0.2) is 0 Å². The van der Waals surface area contributed by atoms with Gasteiger partial charge in [0.05, 0.1) is 12.7 Å². The molecule has 0 aromatic heterocycles. The molecule has 25 heavy (non-hydrogen) atoms. The van der Waals surface area contributed by atoms with Gasteiger partial charge in [-0.15, -0.1) is 5.73 Å². The predicted molar refractivity (Wildman–Crippen MR) is 104 cm³/mol. The summed E-state index contributed by atoms with van der Waals surface area (Å²) in [5, 5.41) is 0. The number of esters is 1. The summed E-state index contributed by atoms with van der Waals surface area (Å²) >= 11 is 0. The lowest BCUT2D eigenvalue weighted by atomic mass is 9.88. The van der Waals surface area contributed by atoms with Crippen LogP contribution in [0.3, 0.4) is 0 Å². The topological polar surface area (TPSA) is 26.3 Å². The van der Waals surface area contributed by atoms with E-state index in [1.807, 2.05) is 36.4 Å². The highest BCUT2D eigenvalue weighted by molar-refractivity contribution is 5.91. The van der Waals surface area contributed by atoms with Crippen molar-refractivity contribution in [2.24, 2.45) is 5.41 Å². The summed E-state index contributed by atoms with van der Waals surface area (Å²) in [6.45, 7) is 8.77. The molecule has 0 amide bonds. The summed E-state index contributed by atoms with van der Waals surface area (Å²) in [6.07, 6.45) is 0.958. The Morgan fingerprint density at radius 3 is 2.16 bits per heavy atom. The second kappa shape index (κ2) is 8.00. The molecule has 2 rings (SSSR count). The molecule has 0 aliphatic heterocycles. The van der Waals surface area contributed by atoms with Crippen LogP contribution in [0.5, 0.6) is 0 Å². The van der Waals surface area contributed by atoms with Gasteiger partial charge >= 0.3 is 5.97 Å². The molecule has 2 aromatic carbocycles. The van der Waals surface area contributed by atoms with E-state index in [0.29, 0.717) is 5.56 Å². The van der Waals surface area contributed by atoms with Crippen molar-refractivity contribution in [1.82, 2.24) is 0 Å². The van der Waals surface area contributed by atoms with E-state index < -0.39 is 0 Å². The Bertz CT molecular complexity index is 801. The van der Waals surface area contributed by atoms with Crippen LogP contribution in [0.15, 0.2) is 65.9 Å². The number of carbonyl (C=O) groups is 1. The number of benzene rings is 2. The van der Waals surface area contributed by atoms with E-state index in [9.17, 15) is 4.79 Å². The minimum atomic E-state index is -0.329. The van der Waals surface area contributed by atoms with Crippen LogP contribution in [0.1, 0.15) is 55.6 Å². The number of rotatable bonds is 4. The summed E-state index contributed by atoms with van der Waals surface area (Å²) in [5.41, 5.74) is 8.54. The Balaban J connectivity index is 2.61. The molecule has 0 heterocycles. The van der Waals surface area contributed by atoms with Crippen LogP contribution in [0.25, 0.3) is 5.57 Å². The standard InChI is InChI=1S/C23H26O2/c1-17(16-23(2,3)4)14-21(18-10-7-6-8-11-18)19-12-9-13-20(15-19)22(24)25-5/h6-13,15H,16H2,1-5H3. The molecule has 2 heteroatoms. The first kappa shape index (κ1) is 18.8. The molecule has 0 spiro atoms. The van der Waals surface area contributed by atoms with Crippen LogP contribution < -0.4 is 0 Å². The molecule has 0 N–H and O–H groups in total. The number of hydrogen-bond acceptors (Lipinski definition) is 2. The summed E-state index contributed by atoms with van der Waals surface area (Å²) < 4.78 is 4.85. The van der Waals surface area contributed by atoms with Crippen molar-refractivity contribution in [3.05, 3.63) is 82.6 Å². The van der Waals surface area contributed by atoms with Gasteiger partial charge in [-0.05, 0) is 47.6 Å². The largest absolute Gasteiger partial charge is 0.465 e. The summed E-state index contributed by atoms with van der Waals surface area (Å²) in [6, 6.07) is 17.7. The van der Waals surface area contributed by atoms with Crippen molar-refractivity contribution in [3.8, 4) is 0 Å². The lowest BCUT2D eigenvalue weighted by Gasteiger charge is -2.17. The fourth-order valence-electron chi connectivity index (χ4n) is 2.89. The van der Waals surface area contributed by atoms with Crippen molar-refractivity contribution < 1.29 is 9.53 Å². The minimum absolute atomic E-state index is 0.201. The van der Waals surface area contributed by atoms with E-state index in [1.54, 1.807) is 6.07 Å². The smallest absolute Gasteiger partial charge is 0.337 e. The Kier molecular flexibility index (Phi) is 6.01. The molecule has 0 aliphatic rings. The third-order valence-electron chi connectivity index (χ3n) is 3.77. The number of ether oxygens (including phenoxy) is 1. The molecule has 0 saturated heterocycles. The number of methoxy groups -OCH3 is 1. The third-order valence-corrected chi connectivity index (χ3v) is 3.77. The molecular formula is C23H26O2. The zero-order valence-electron chi connectivity index (χ0n) is 15.7. The van der Waals surface area contributed by atoms with Gasteiger partial charge in [-0.3, -0.25) is 0 Å². The van der Waals surface area contributed by atoms with Crippen molar-refractivity contribution in [1.29, 1.82) is 0 Å². The maximum Gasteiger partial charge on any atom is 0.337 e. The van der Waals surface area contributed by atoms with E-state index >= 15 is 0 Å². The lowest BCUT2D eigenvalue weighted by Crippen LogP contribution is -2.04. The summed E-state index contributed by atoms with van der Waals surface area (Å²) in [7, 11) is 1.40. The fraction of sp³-hybridized carbons (Fsp3) is 0.304. The van der Waals surface area contributed by atoms with E-state index in [4.69, 9.17) is 4.74 Å². The first-order valence-electron chi connectivity index (χ1n) is 8.51. The maximum atomic E-state index is 11.9. The van der Waals surface area contributed by atoms with E-state index in [0.717, 1.165) is 23.1 Å². The monoisotopic (exact) mass is 334 g/mol. The second-order valence-electron chi connectivity index (χ2n) is 7.46. The van der Waals surface area contributed by atoms with Gasteiger partial charge in [-0.2, -0.15) is 0 Å². The van der Waals surface area contributed by atoms with Crippen LogP contribution >= 0.6 is 0 Å². The zero-order valence-corrected chi connectivity index (χ0v) is 15.7. The predicted octanol–water partition coefficient (Wildman–Crippen LogP) is 5.89. The Morgan fingerprint density at radius 2 is 1.56 bits per heavy atom. The van der Waals surface area contributed by atoms with Crippen molar-refractivity contribution in [2.75, 3.05) is 7.11 Å². The van der Waals surface area contributed by atoms with E-state index in [2.05, 4.69) is 45.6 Å². The van der Waals surface area contributed by atoms with E-state index in [1.165, 1.54) is 12.7 Å². The minimum Gasteiger partial charge on any atom is -0.465 e. The van der Waals surface area contributed by atoms with Gasteiger partial charge in [0.1, 0.15) is 0 Å². The van der Waals surface area contributed by atoms with E-state index in [-0.39, 0.29) is 11.4 Å². The molecule has 0 bridgehead atoms. The third kappa shape index (κ3) is 5.48. The molecule has 0 fully saturated rings. The quantitative estimate of drug-likeness (QED) is 0.515. The van der Waals surface area contributed by atoms with Crippen molar-refractivity contribution >= 4 is 11.5 Å². The second-order valence-corrected chi connectivity index (χ2v) is 7.46. The average molecular weight is 334 g/mol. The van der Waals surface area contributed by atoms with Gasteiger partial charge in [0, 0.05) is 5.57 Å². The van der Waals surface area contributed by atoms with Gasteiger partial charge in [-0.1, -0.05) is 63.2 Å². The molecule has 0 unspecified atom stereocenters. The van der Waals surface area contributed by atoms with Gasteiger partial charge in [0.2, 0.25) is 0 Å². The lowest BCUT2D eigenvalue weighted by molar-refractivity contribution is 0.0600. The Labute approximate surface area is 150 Å². The summed E-state index contributed by atoms with van der Waals surface area (Å²) in [5.74, 6) is -0.329. The van der Waals surface area contributed by atoms with Gasteiger partial charge in [0.25, 0.3) is 0 Å². The van der Waals surface area contributed by atoms with Crippen LogP contribution in [0.2, 0.25) is 0 Å². The van der Waals surface area contributed by atoms with Crippen molar-refractivity contribution in [2.45, 2.75) is 34.1 Å². The van der Waals surface area contributed by atoms with Crippen LogP contribution in [0, 0.1) is 5.41 Å². The molecule has 0 aliphatic carbocycles. The normalized spacial score (nSPS) is 10.8. The van der Waals surface area contributed by atoms with Gasteiger partial charge < -0.3 is 4.74 Å². The molecule has 0 atom stereocenters. The molecule has 2 aromatic rings. The molecule has 0 radical (unpaired) electrons. The number of carbonyl (C=O) groups excluding carboxylic acids is 1. The molecule has 2 nitrogen and oxygen atoms in total. The van der Waals surface area contributed by atoms with Crippen LogP contribution in [-0.4, -0.2) is 13.1 Å². The van der Waals surface area contributed by atoms with Crippen molar-refractivity contribution in [3.63, 3.8) is 0 Å². The molecule has 0 saturated carbocycles. The average Bonchev–Trinajstić information content (AvgIpc) is 2.58. The first-order chi connectivity index (χ1) is 11.8. The SMILES string of the molecule is COC(=O)c1cccc(C(=C=C(C)CC(C)(C)C)c2ccccc2)c1. The van der Waals surface area contributed by atoms with Gasteiger partial charge in [-0.25, -0.2) is 4.79 Å². The zero-order chi connectivity index (χ0) is 18.4. The maximum absolute atomic E-state index is 11.9. The fourth-order valence-corrected chi connectivity index (χ4v) is 2.89. The highest BCUT2D eigenvalue weighted by atomic mass is 16.5. The number of allylic oxidation sites excluding steroid dienone is 1. The van der Waals surface area contributed by atoms with Crippen LogP contribution in [-0.2, 0) is 4.74 Å². The molecule has 130 valence electrons. The molecular weight excluding hydrogens is 308 g/mol. The van der Waals surface area contributed by atoms with Crippen LogP contribution in [0.4, 0.5) is 0 Å².